The van der Waals surface area contributed by atoms with Gasteiger partial charge in [0.15, 0.2) is 0 Å². The van der Waals surface area contributed by atoms with Gasteiger partial charge < -0.3 is 4.74 Å². The molecule has 0 amide bonds. The van der Waals surface area contributed by atoms with E-state index >= 15 is 0 Å². The van der Waals surface area contributed by atoms with Crippen LogP contribution in [0.2, 0.25) is 5.02 Å². The van der Waals surface area contributed by atoms with Gasteiger partial charge in [-0.3, -0.25) is 9.98 Å². The van der Waals surface area contributed by atoms with Gasteiger partial charge in [-0.2, -0.15) is 0 Å². The molecule has 5 heteroatoms. The number of carbonyl (C=O) groups excluding carboxylic acids is 1. The topological polar surface area (TPSA) is 51.5 Å². The second kappa shape index (κ2) is 7.53. The Labute approximate surface area is 144 Å². The van der Waals surface area contributed by atoms with E-state index in [4.69, 9.17) is 16.3 Å². The first-order valence-corrected chi connectivity index (χ1v) is 7.61. The third-order valence-corrected chi connectivity index (χ3v) is 3.53. The Bertz CT molecular complexity index is 862. The molecule has 0 saturated carbocycles. The van der Waals surface area contributed by atoms with Crippen molar-refractivity contribution >= 4 is 29.5 Å². The van der Waals surface area contributed by atoms with Crippen LogP contribution in [0.3, 0.4) is 0 Å². The Balaban J connectivity index is 1.67. The average molecular weight is 337 g/mol. The van der Waals surface area contributed by atoms with Crippen LogP contribution in [-0.2, 0) is 0 Å². The van der Waals surface area contributed by atoms with Crippen molar-refractivity contribution in [3.63, 3.8) is 0 Å². The predicted octanol–water partition coefficient (Wildman–Crippen LogP) is 4.70. The van der Waals surface area contributed by atoms with E-state index in [-0.39, 0.29) is 0 Å². The molecule has 0 saturated heterocycles. The molecular weight excluding hydrogens is 324 g/mol. The lowest BCUT2D eigenvalue weighted by atomic mass is 10.2. The van der Waals surface area contributed by atoms with Crippen molar-refractivity contribution in [1.82, 2.24) is 4.98 Å². The van der Waals surface area contributed by atoms with Crippen LogP contribution < -0.4 is 4.74 Å². The van der Waals surface area contributed by atoms with Crippen molar-refractivity contribution in [1.29, 1.82) is 0 Å². The average Bonchev–Trinajstić information content (AvgIpc) is 2.63. The molecule has 0 aliphatic rings. The highest BCUT2D eigenvalue weighted by atomic mass is 35.5. The summed E-state index contributed by atoms with van der Waals surface area (Å²) in [5.41, 5.74) is 2.03. The Hall–Kier alpha value is -2.98. The summed E-state index contributed by atoms with van der Waals surface area (Å²) in [5.74, 6) is 0.0431. The van der Waals surface area contributed by atoms with Crippen molar-refractivity contribution in [2.75, 3.05) is 0 Å². The van der Waals surface area contributed by atoms with E-state index < -0.39 is 5.97 Å². The van der Waals surface area contributed by atoms with E-state index in [1.165, 1.54) is 0 Å². The normalized spacial score (nSPS) is 10.7. The molecule has 0 bridgehead atoms. The minimum Gasteiger partial charge on any atom is -0.423 e. The van der Waals surface area contributed by atoms with E-state index in [9.17, 15) is 4.79 Å². The molecule has 0 spiro atoms. The molecule has 0 fully saturated rings. The molecule has 1 heterocycles. The molecular formula is C19H13ClN2O2. The number of halogens is 1. The number of para-hydroxylation sites is 1. The number of pyridine rings is 1. The second-order valence-corrected chi connectivity index (χ2v) is 5.31. The summed E-state index contributed by atoms with van der Waals surface area (Å²) in [6, 6.07) is 17.6. The highest BCUT2D eigenvalue weighted by molar-refractivity contribution is 6.33. The number of carbonyl (C=O) groups is 1. The highest BCUT2D eigenvalue weighted by Crippen LogP contribution is 2.23. The molecule has 3 rings (SSSR count). The van der Waals surface area contributed by atoms with Gasteiger partial charge in [-0.25, -0.2) is 4.79 Å². The minimum absolute atomic E-state index is 0.421. The molecule has 1 aromatic heterocycles. The standard InChI is InChI=1S/C19H13ClN2O2/c20-17-3-1-2-4-18(17)22-13-14-5-7-16(8-6-14)24-19(23)15-9-11-21-12-10-15/h1-13H. The van der Waals surface area contributed by atoms with Crippen LogP contribution in [-0.4, -0.2) is 17.2 Å². The van der Waals surface area contributed by atoms with Crippen LogP contribution in [0.15, 0.2) is 78.0 Å². The van der Waals surface area contributed by atoms with Crippen molar-refractivity contribution < 1.29 is 9.53 Å². The Morgan fingerprint density at radius 2 is 1.71 bits per heavy atom. The summed E-state index contributed by atoms with van der Waals surface area (Å²) < 4.78 is 5.30. The summed E-state index contributed by atoms with van der Waals surface area (Å²) >= 11 is 6.06. The van der Waals surface area contributed by atoms with Crippen LogP contribution in [0, 0.1) is 0 Å². The Morgan fingerprint density at radius 1 is 1.00 bits per heavy atom. The highest BCUT2D eigenvalue weighted by Gasteiger charge is 2.07. The van der Waals surface area contributed by atoms with Gasteiger partial charge in [0.05, 0.1) is 16.3 Å². The van der Waals surface area contributed by atoms with Crippen molar-refractivity contribution in [2.45, 2.75) is 0 Å². The fourth-order valence-electron chi connectivity index (χ4n) is 1.98. The molecule has 3 aromatic rings. The van der Waals surface area contributed by atoms with Gasteiger partial charge in [0.1, 0.15) is 5.75 Å². The number of nitrogens with zero attached hydrogens (tertiary/aromatic N) is 2. The molecule has 0 atom stereocenters. The molecule has 118 valence electrons. The van der Waals surface area contributed by atoms with Crippen LogP contribution in [0.25, 0.3) is 0 Å². The first kappa shape index (κ1) is 15.9. The monoisotopic (exact) mass is 336 g/mol. The summed E-state index contributed by atoms with van der Waals surface area (Å²) in [5, 5.41) is 0.594. The molecule has 0 N–H and O–H groups in total. The maximum Gasteiger partial charge on any atom is 0.343 e. The zero-order chi connectivity index (χ0) is 16.8. The van der Waals surface area contributed by atoms with E-state index in [0.717, 1.165) is 5.56 Å². The van der Waals surface area contributed by atoms with Crippen LogP contribution >= 0.6 is 11.6 Å². The minimum atomic E-state index is -0.421. The molecule has 24 heavy (non-hydrogen) atoms. The molecule has 0 aliphatic carbocycles. The molecule has 4 nitrogen and oxygen atoms in total. The number of ether oxygens (including phenoxy) is 1. The second-order valence-electron chi connectivity index (χ2n) is 4.90. The third-order valence-electron chi connectivity index (χ3n) is 3.21. The van der Waals surface area contributed by atoms with Crippen LogP contribution in [0.5, 0.6) is 5.75 Å². The lowest BCUT2D eigenvalue weighted by Gasteiger charge is -2.04. The first-order chi connectivity index (χ1) is 11.7. The molecule has 0 radical (unpaired) electrons. The van der Waals surface area contributed by atoms with Gasteiger partial charge in [0.2, 0.25) is 0 Å². The summed E-state index contributed by atoms with van der Waals surface area (Å²) in [6.07, 6.45) is 4.80. The largest absolute Gasteiger partial charge is 0.423 e. The zero-order valence-electron chi connectivity index (χ0n) is 12.6. The Morgan fingerprint density at radius 3 is 2.42 bits per heavy atom. The first-order valence-electron chi connectivity index (χ1n) is 7.23. The maximum atomic E-state index is 12.0. The van der Waals surface area contributed by atoms with Crippen molar-refractivity contribution in [3.8, 4) is 5.75 Å². The SMILES string of the molecule is O=C(Oc1ccc(C=Nc2ccccc2Cl)cc1)c1ccncc1. The zero-order valence-corrected chi connectivity index (χ0v) is 13.4. The number of rotatable bonds is 4. The molecule has 0 unspecified atom stereocenters. The van der Waals surface area contributed by atoms with Gasteiger partial charge in [-0.05, 0) is 54.1 Å². The smallest absolute Gasteiger partial charge is 0.343 e. The lowest BCUT2D eigenvalue weighted by Crippen LogP contribution is -2.08. The number of hydrogen-bond donors (Lipinski definition) is 0. The summed E-state index contributed by atoms with van der Waals surface area (Å²) in [6.45, 7) is 0. The third kappa shape index (κ3) is 4.06. The molecule has 0 aliphatic heterocycles. The number of benzene rings is 2. The summed E-state index contributed by atoms with van der Waals surface area (Å²) in [7, 11) is 0. The van der Waals surface area contributed by atoms with E-state index in [1.807, 2.05) is 30.3 Å². The fourth-order valence-corrected chi connectivity index (χ4v) is 2.16. The number of hydrogen-bond acceptors (Lipinski definition) is 4. The van der Waals surface area contributed by atoms with E-state index in [2.05, 4.69) is 9.98 Å². The number of aromatic nitrogens is 1. The number of aliphatic imine (C=N–C) groups is 1. The van der Waals surface area contributed by atoms with Gasteiger partial charge >= 0.3 is 5.97 Å². The Kier molecular flexibility index (Phi) is 4.99. The number of esters is 1. The van der Waals surface area contributed by atoms with Gasteiger partial charge in [0, 0.05) is 18.6 Å². The van der Waals surface area contributed by atoms with Crippen LogP contribution in [0.4, 0.5) is 5.69 Å². The van der Waals surface area contributed by atoms with Gasteiger partial charge in [-0.1, -0.05) is 23.7 Å². The van der Waals surface area contributed by atoms with Gasteiger partial charge in [0.25, 0.3) is 0 Å². The maximum absolute atomic E-state index is 12.0. The van der Waals surface area contributed by atoms with E-state index in [1.54, 1.807) is 48.9 Å². The van der Waals surface area contributed by atoms with Crippen molar-refractivity contribution in [3.05, 3.63) is 89.2 Å². The van der Waals surface area contributed by atoms with Gasteiger partial charge in [-0.15, -0.1) is 0 Å². The van der Waals surface area contributed by atoms with E-state index in [0.29, 0.717) is 22.0 Å². The predicted molar refractivity (Wildman–Crippen MR) is 94.3 cm³/mol. The quantitative estimate of drug-likeness (QED) is 0.394. The molecule has 2 aromatic carbocycles. The van der Waals surface area contributed by atoms with Crippen LogP contribution in [0.1, 0.15) is 15.9 Å². The lowest BCUT2D eigenvalue weighted by molar-refractivity contribution is 0.0734. The summed E-state index contributed by atoms with van der Waals surface area (Å²) in [4.78, 5) is 20.2. The van der Waals surface area contributed by atoms with Crippen molar-refractivity contribution in [2.24, 2.45) is 4.99 Å². The fraction of sp³-hybridized carbons (Fsp3) is 0.